The lowest BCUT2D eigenvalue weighted by Gasteiger charge is -2.34. The predicted molar refractivity (Wildman–Crippen MR) is 296 cm³/mol. The molecule has 0 saturated carbocycles. The molecule has 0 aliphatic carbocycles. The summed E-state index contributed by atoms with van der Waals surface area (Å²) in [6.07, 6.45) is 5.61. The summed E-state index contributed by atoms with van der Waals surface area (Å²) < 4.78 is 0. The fraction of sp³-hybridized carbons (Fsp3) is 0.818. The van der Waals surface area contributed by atoms with E-state index in [2.05, 4.69) is 54.8 Å². The van der Waals surface area contributed by atoms with E-state index in [1.165, 1.54) is 53.4 Å². The topological polar surface area (TPSA) is 306 Å². The molecule has 1 heterocycles. The van der Waals surface area contributed by atoms with Crippen LogP contribution >= 0.6 is 0 Å². The van der Waals surface area contributed by atoms with Gasteiger partial charge in [-0.3, -0.25) is 47.9 Å². The third kappa shape index (κ3) is 24.9. The van der Waals surface area contributed by atoms with Crippen LogP contribution in [0, 0.1) is 17.8 Å². The number of nitrogens with one attached hydrogen (secondary N) is 9. The highest BCUT2D eigenvalue weighted by atomic mass is 16.3. The van der Waals surface area contributed by atoms with Gasteiger partial charge < -0.3 is 62.8 Å². The lowest BCUT2D eigenvalue weighted by molar-refractivity contribution is -0.140. The molecule has 0 aromatic carbocycles. The molecule has 77 heavy (non-hydrogen) atoms. The molecule has 1 aliphatic heterocycles. The molecule has 0 bridgehead atoms. The van der Waals surface area contributed by atoms with Gasteiger partial charge in [-0.2, -0.15) is 0 Å². The highest BCUT2D eigenvalue weighted by Crippen LogP contribution is 2.20. The molecule has 7 atom stereocenters. The number of carbonyl (C=O) groups excluding carboxylic acids is 10. The van der Waals surface area contributed by atoms with E-state index in [-0.39, 0.29) is 61.9 Å². The van der Waals surface area contributed by atoms with Crippen molar-refractivity contribution in [2.24, 2.45) is 17.8 Å². The summed E-state index contributed by atoms with van der Waals surface area (Å²) >= 11 is 0. The van der Waals surface area contributed by atoms with E-state index in [1.807, 2.05) is 53.6 Å². The first-order valence-electron chi connectivity index (χ1n) is 27.9. The molecule has 6 unspecified atom stereocenters. The maximum absolute atomic E-state index is 14.2. The van der Waals surface area contributed by atoms with Crippen LogP contribution in [0.25, 0.3) is 0 Å². The van der Waals surface area contributed by atoms with Crippen molar-refractivity contribution >= 4 is 59.1 Å². The number of aliphatic hydroxyl groups is 1. The molecule has 1 rings (SSSR count). The molecule has 0 radical (unpaired) electrons. The number of hydrogen-bond donors (Lipinski definition) is 10. The molecule has 10 N–H and O–H groups in total. The first-order valence-corrected chi connectivity index (χ1v) is 27.9. The smallest absolute Gasteiger partial charge is 0.246 e. The van der Waals surface area contributed by atoms with Gasteiger partial charge in [0.25, 0.3) is 0 Å². The van der Waals surface area contributed by atoms with Crippen LogP contribution in [-0.2, 0) is 47.9 Å². The summed E-state index contributed by atoms with van der Waals surface area (Å²) in [5.41, 5.74) is -4.79. The molecule has 10 amide bonds. The Morgan fingerprint density at radius 3 is 1.68 bits per heavy atom. The first-order chi connectivity index (χ1) is 35.6. The van der Waals surface area contributed by atoms with Crippen LogP contribution in [0.5, 0.6) is 0 Å². The first kappa shape index (κ1) is 69.6. The number of hydrogen-bond acceptors (Lipinski definition) is 12. The molecule has 0 aromatic rings. The van der Waals surface area contributed by atoms with Crippen molar-refractivity contribution in [3.8, 4) is 0 Å². The number of unbranched alkanes of at least 4 members (excludes halogenated alkanes) is 5. The van der Waals surface area contributed by atoms with E-state index in [0.717, 1.165) is 32.1 Å². The second kappa shape index (κ2) is 32.5. The average Bonchev–Trinajstić information content (AvgIpc) is 3.80. The number of likely N-dealkylation sites (N-methyl/N-ethyl adjacent to an activating group) is 1. The monoisotopic (exact) mass is 1090 g/mol. The minimum Gasteiger partial charge on any atom is -0.390 e. The maximum atomic E-state index is 14.2. The highest BCUT2D eigenvalue weighted by Gasteiger charge is 2.42. The Morgan fingerprint density at radius 1 is 0.610 bits per heavy atom. The van der Waals surface area contributed by atoms with Crippen molar-refractivity contribution in [3.05, 3.63) is 0 Å². The number of nitrogens with zero attached hydrogens (tertiary/aromatic N) is 2. The van der Waals surface area contributed by atoms with Crippen LogP contribution < -0.4 is 47.9 Å². The third-order valence-electron chi connectivity index (χ3n) is 13.4. The van der Waals surface area contributed by atoms with E-state index in [4.69, 9.17) is 0 Å². The van der Waals surface area contributed by atoms with E-state index >= 15 is 0 Å². The van der Waals surface area contributed by atoms with Gasteiger partial charge in [0.05, 0.1) is 6.10 Å². The standard InChI is InChI=1S/C55H101N11O11/c1-18-19-20-21-22-23-25-38(58-48(73)41-26-24-29-66(41)37(9)67)45(70)61-43(44(69)35(6)7)49(74)63-54(12,13)51(76)60-39(30-33(2)3)46(71)59-40(31-34(4)5)47(72)62-55(14,15)52(77)64-53(10,11)50(75)56-28-27-42(68)57-36(8)32-65(16)17/h33-36,38-41,43-44,69H,18-32H2,1-17H3,(H,56,75)(H,57,68)(H,58,73)(H,59,71)(H,60,76)(H,61,70)(H,62,72)(H,63,74)(H,64,77)/t36?,38?,39?,40?,41-,43?,44?/m0/s1. The molecule has 0 aromatic heterocycles. The van der Waals surface area contributed by atoms with Crippen molar-refractivity contribution in [2.45, 2.75) is 240 Å². The normalized spacial score (nSPS) is 16.4. The zero-order valence-electron chi connectivity index (χ0n) is 49.8. The molecule has 22 nitrogen and oxygen atoms in total. The van der Waals surface area contributed by atoms with Gasteiger partial charge in [0.1, 0.15) is 46.8 Å². The van der Waals surface area contributed by atoms with Crippen LogP contribution in [-0.4, -0.2) is 167 Å². The molecule has 1 fully saturated rings. The summed E-state index contributed by atoms with van der Waals surface area (Å²) in [6.45, 7) is 25.8. The molecule has 442 valence electrons. The third-order valence-corrected chi connectivity index (χ3v) is 13.4. The van der Waals surface area contributed by atoms with Gasteiger partial charge in [0.15, 0.2) is 0 Å². The lowest BCUT2D eigenvalue weighted by Crippen LogP contribution is -2.66. The van der Waals surface area contributed by atoms with Gasteiger partial charge in [0.2, 0.25) is 59.1 Å². The Kier molecular flexibility index (Phi) is 29.4. The minimum absolute atomic E-state index is 0.0224. The van der Waals surface area contributed by atoms with Crippen LogP contribution in [0.15, 0.2) is 0 Å². The number of likely N-dealkylation sites (tertiary alicyclic amines) is 1. The molecular formula is C55H101N11O11. The van der Waals surface area contributed by atoms with Crippen molar-refractivity contribution in [2.75, 3.05) is 33.7 Å². The van der Waals surface area contributed by atoms with Gasteiger partial charge in [-0.1, -0.05) is 87.0 Å². The SMILES string of the molecule is CCCCCCCCC(NC(=O)[C@@H]1CCCN1C(C)=O)C(=O)NC(C(=O)NC(C)(C)C(=O)NC(CC(C)C)C(=O)NC(CC(C)C)C(=O)NC(C)(C)C(=O)NC(C)(C)C(=O)NCCC(=O)NC(C)CN(C)C)C(O)C(C)C. The van der Waals surface area contributed by atoms with Crippen molar-refractivity contribution in [1.82, 2.24) is 57.7 Å². The van der Waals surface area contributed by atoms with Gasteiger partial charge >= 0.3 is 0 Å². The van der Waals surface area contributed by atoms with Crippen molar-refractivity contribution in [3.63, 3.8) is 0 Å². The van der Waals surface area contributed by atoms with E-state index in [1.54, 1.807) is 13.8 Å². The van der Waals surface area contributed by atoms with Gasteiger partial charge in [0, 0.05) is 39.0 Å². The zero-order valence-corrected chi connectivity index (χ0v) is 49.8. The summed E-state index contributed by atoms with van der Waals surface area (Å²) in [5, 5.41) is 35.9. The minimum atomic E-state index is -1.74. The Labute approximate surface area is 459 Å². The lowest BCUT2D eigenvalue weighted by atomic mass is 9.95. The van der Waals surface area contributed by atoms with Gasteiger partial charge in [-0.25, -0.2) is 0 Å². The second-order valence-electron chi connectivity index (χ2n) is 24.1. The summed E-state index contributed by atoms with van der Waals surface area (Å²) in [6, 6.07) is -5.92. The maximum Gasteiger partial charge on any atom is 0.246 e. The molecule has 1 aliphatic rings. The van der Waals surface area contributed by atoms with Gasteiger partial charge in [-0.05, 0) is 112 Å². The number of carbonyl (C=O) groups is 10. The van der Waals surface area contributed by atoms with E-state index in [9.17, 15) is 53.1 Å². The zero-order chi connectivity index (χ0) is 59.2. The number of rotatable bonds is 34. The predicted octanol–water partition coefficient (Wildman–Crippen LogP) is 2.05. The second-order valence-corrected chi connectivity index (χ2v) is 24.1. The highest BCUT2D eigenvalue weighted by molar-refractivity contribution is 6.00. The summed E-state index contributed by atoms with van der Waals surface area (Å²) in [4.78, 5) is 139. The van der Waals surface area contributed by atoms with E-state index < -0.39 is 106 Å². The Bertz CT molecular complexity index is 1990. The van der Waals surface area contributed by atoms with Crippen molar-refractivity contribution < 1.29 is 53.1 Å². The van der Waals surface area contributed by atoms with E-state index in [0.29, 0.717) is 32.4 Å². The number of aliphatic hydroxyl groups excluding tert-OH is 1. The van der Waals surface area contributed by atoms with Crippen molar-refractivity contribution in [1.29, 1.82) is 0 Å². The van der Waals surface area contributed by atoms with Crippen LogP contribution in [0.1, 0.15) is 181 Å². The molecule has 22 heteroatoms. The average molecular weight is 1090 g/mol. The molecule has 1 saturated heterocycles. The van der Waals surface area contributed by atoms with Crippen LogP contribution in [0.3, 0.4) is 0 Å². The van der Waals surface area contributed by atoms with Gasteiger partial charge in [-0.15, -0.1) is 0 Å². The van der Waals surface area contributed by atoms with Crippen LogP contribution in [0.4, 0.5) is 0 Å². The number of amides is 10. The fourth-order valence-corrected chi connectivity index (χ4v) is 8.89. The Morgan fingerprint density at radius 2 is 1.13 bits per heavy atom. The fourth-order valence-electron chi connectivity index (χ4n) is 8.89. The molecular weight excluding hydrogens is 991 g/mol. The van der Waals surface area contributed by atoms with Crippen LogP contribution in [0.2, 0.25) is 0 Å². The Hall–Kier alpha value is -5.38. The summed E-state index contributed by atoms with van der Waals surface area (Å²) in [5.74, 6) is -6.89. The summed E-state index contributed by atoms with van der Waals surface area (Å²) in [7, 11) is 3.78. The quantitative estimate of drug-likeness (QED) is 0.0415. The largest absolute Gasteiger partial charge is 0.390 e. The molecule has 0 spiro atoms. The Balaban J connectivity index is 3.26.